The van der Waals surface area contributed by atoms with Crippen LogP contribution < -0.4 is 15.4 Å². The van der Waals surface area contributed by atoms with Crippen LogP contribution in [-0.2, 0) is 13.6 Å². The van der Waals surface area contributed by atoms with Crippen LogP contribution in [0, 0.1) is 0 Å². The van der Waals surface area contributed by atoms with E-state index in [-0.39, 0.29) is 18.1 Å². The molecule has 3 aromatic rings. The summed E-state index contributed by atoms with van der Waals surface area (Å²) in [7, 11) is 1.79. The van der Waals surface area contributed by atoms with Gasteiger partial charge in [0.1, 0.15) is 5.75 Å². The fourth-order valence-corrected chi connectivity index (χ4v) is 2.36. The highest BCUT2D eigenvalue weighted by molar-refractivity contribution is 5.88. The smallest absolute Gasteiger partial charge is 0.422 e. The molecule has 0 saturated carbocycles. The number of benzene rings is 1. The van der Waals surface area contributed by atoms with Gasteiger partial charge in [0.2, 0.25) is 0 Å². The highest BCUT2D eigenvalue weighted by Crippen LogP contribution is 2.19. The van der Waals surface area contributed by atoms with Crippen molar-refractivity contribution in [2.45, 2.75) is 12.7 Å². The molecule has 0 spiro atoms. The van der Waals surface area contributed by atoms with Crippen LogP contribution in [0.15, 0.2) is 48.8 Å². The van der Waals surface area contributed by atoms with Gasteiger partial charge in [-0.15, -0.1) is 10.2 Å². The number of anilines is 1. The highest BCUT2D eigenvalue weighted by atomic mass is 19.4. The second-order valence-electron chi connectivity index (χ2n) is 6.07. The lowest BCUT2D eigenvalue weighted by Crippen LogP contribution is -2.28. The average molecular weight is 406 g/mol. The average Bonchev–Trinajstić information content (AvgIpc) is 3.11. The van der Waals surface area contributed by atoms with E-state index in [2.05, 4.69) is 30.7 Å². The van der Waals surface area contributed by atoms with Crippen LogP contribution in [0.1, 0.15) is 5.56 Å². The van der Waals surface area contributed by atoms with E-state index < -0.39 is 18.8 Å². The summed E-state index contributed by atoms with van der Waals surface area (Å²) in [5.41, 5.74) is 1.99. The van der Waals surface area contributed by atoms with Crippen molar-refractivity contribution in [1.29, 1.82) is 0 Å². The van der Waals surface area contributed by atoms with Crippen LogP contribution in [0.4, 0.5) is 23.8 Å². The number of ether oxygens (including phenoxy) is 1. The molecule has 2 aromatic heterocycles. The van der Waals surface area contributed by atoms with Gasteiger partial charge in [-0.2, -0.15) is 18.3 Å². The molecule has 8 nitrogen and oxygen atoms in total. The largest absolute Gasteiger partial charge is 0.484 e. The van der Waals surface area contributed by atoms with Crippen molar-refractivity contribution < 1.29 is 22.7 Å². The summed E-state index contributed by atoms with van der Waals surface area (Å²) >= 11 is 0. The zero-order valence-electron chi connectivity index (χ0n) is 15.3. The first-order valence-corrected chi connectivity index (χ1v) is 8.44. The Hall–Kier alpha value is -3.63. The van der Waals surface area contributed by atoms with E-state index in [9.17, 15) is 18.0 Å². The van der Waals surface area contributed by atoms with Gasteiger partial charge < -0.3 is 10.1 Å². The second kappa shape index (κ2) is 8.59. The Morgan fingerprint density at radius 3 is 2.69 bits per heavy atom. The van der Waals surface area contributed by atoms with E-state index in [0.29, 0.717) is 11.3 Å². The normalized spacial score (nSPS) is 11.2. The number of hydrogen-bond donors (Lipinski definition) is 2. The third kappa shape index (κ3) is 6.19. The van der Waals surface area contributed by atoms with Gasteiger partial charge in [0.25, 0.3) is 0 Å². The fourth-order valence-electron chi connectivity index (χ4n) is 2.36. The van der Waals surface area contributed by atoms with Crippen molar-refractivity contribution in [2.75, 3.05) is 11.9 Å². The monoisotopic (exact) mass is 406 g/mol. The number of rotatable bonds is 6. The zero-order valence-corrected chi connectivity index (χ0v) is 15.3. The molecule has 152 valence electrons. The number of halogens is 3. The van der Waals surface area contributed by atoms with E-state index in [1.54, 1.807) is 48.4 Å². The minimum Gasteiger partial charge on any atom is -0.484 e. The molecule has 2 N–H and O–H groups in total. The number of aryl methyl sites for hydroxylation is 1. The van der Waals surface area contributed by atoms with Gasteiger partial charge in [-0.3, -0.25) is 10.00 Å². The molecule has 0 unspecified atom stereocenters. The lowest BCUT2D eigenvalue weighted by atomic mass is 10.2. The molecule has 3 rings (SSSR count). The number of aromatic nitrogens is 4. The van der Waals surface area contributed by atoms with Crippen LogP contribution in [0.3, 0.4) is 0 Å². The van der Waals surface area contributed by atoms with Gasteiger partial charge >= 0.3 is 12.2 Å². The number of carbonyl (C=O) groups excluding carboxylic acids is 1. The SMILES string of the molecule is Cn1cc(-c2ccc(NC(=O)NCc3cccc(OCC(F)(F)F)c3)nn2)cn1. The second-order valence-corrected chi connectivity index (χ2v) is 6.07. The Morgan fingerprint density at radius 1 is 1.21 bits per heavy atom. The standard InChI is InChI=1S/C18H17F3N6O2/c1-27-10-13(9-23-27)15-5-6-16(26-25-15)24-17(28)22-8-12-3-2-4-14(7-12)29-11-18(19,20)21/h2-7,9-10H,8,11H2,1H3,(H2,22,24,26,28). The van der Waals surface area contributed by atoms with E-state index in [1.165, 1.54) is 12.1 Å². The zero-order chi connectivity index (χ0) is 20.9. The lowest BCUT2D eigenvalue weighted by Gasteiger charge is -2.11. The van der Waals surface area contributed by atoms with Gasteiger partial charge in [-0.05, 0) is 29.8 Å². The Balaban J connectivity index is 1.51. The van der Waals surface area contributed by atoms with Crippen molar-refractivity contribution in [1.82, 2.24) is 25.3 Å². The van der Waals surface area contributed by atoms with E-state index in [0.717, 1.165) is 5.56 Å². The first-order chi connectivity index (χ1) is 13.8. The first-order valence-electron chi connectivity index (χ1n) is 8.44. The van der Waals surface area contributed by atoms with Gasteiger partial charge in [0, 0.05) is 25.4 Å². The molecule has 0 radical (unpaired) electrons. The van der Waals surface area contributed by atoms with Crippen LogP contribution in [0.2, 0.25) is 0 Å². The van der Waals surface area contributed by atoms with Crippen LogP contribution in [0.5, 0.6) is 5.75 Å². The summed E-state index contributed by atoms with van der Waals surface area (Å²) in [4.78, 5) is 12.0. The topological polar surface area (TPSA) is 94.0 Å². The maximum Gasteiger partial charge on any atom is 0.422 e. The van der Waals surface area contributed by atoms with E-state index in [4.69, 9.17) is 0 Å². The summed E-state index contributed by atoms with van der Waals surface area (Å²) in [6.45, 7) is -1.28. The predicted molar refractivity (Wildman–Crippen MR) is 98.1 cm³/mol. The molecule has 11 heteroatoms. The number of urea groups is 1. The molecule has 0 aliphatic heterocycles. The molecule has 0 bridgehead atoms. The van der Waals surface area contributed by atoms with Crippen molar-refractivity contribution in [3.63, 3.8) is 0 Å². The van der Waals surface area contributed by atoms with Crippen molar-refractivity contribution in [2.24, 2.45) is 7.05 Å². The number of nitrogens with zero attached hydrogens (tertiary/aromatic N) is 4. The van der Waals surface area contributed by atoms with Crippen LogP contribution in [-0.4, -0.2) is 38.8 Å². The van der Waals surface area contributed by atoms with Crippen LogP contribution >= 0.6 is 0 Å². The summed E-state index contributed by atoms with van der Waals surface area (Å²) in [6.07, 6.45) is -0.978. The number of alkyl halides is 3. The molecule has 1 aromatic carbocycles. The molecular formula is C18H17F3N6O2. The third-order valence-electron chi connectivity index (χ3n) is 3.66. The van der Waals surface area contributed by atoms with Gasteiger partial charge in [0.05, 0.1) is 11.9 Å². The fraction of sp³-hybridized carbons (Fsp3) is 0.222. The van der Waals surface area contributed by atoms with E-state index in [1.807, 2.05) is 0 Å². The number of nitrogens with one attached hydrogen (secondary N) is 2. The molecule has 2 heterocycles. The molecule has 2 amide bonds. The molecular weight excluding hydrogens is 389 g/mol. The Bertz CT molecular complexity index is 972. The maximum atomic E-state index is 12.2. The van der Waals surface area contributed by atoms with Gasteiger partial charge in [0.15, 0.2) is 12.4 Å². The summed E-state index contributed by atoms with van der Waals surface area (Å²) < 4.78 is 43.0. The molecule has 29 heavy (non-hydrogen) atoms. The highest BCUT2D eigenvalue weighted by Gasteiger charge is 2.28. The van der Waals surface area contributed by atoms with Crippen molar-refractivity contribution in [3.05, 3.63) is 54.4 Å². The molecule has 0 aliphatic rings. The molecule has 0 fully saturated rings. The molecule has 0 aliphatic carbocycles. The summed E-state index contributed by atoms with van der Waals surface area (Å²) in [5, 5.41) is 17.1. The Kier molecular flexibility index (Phi) is 5.96. The summed E-state index contributed by atoms with van der Waals surface area (Å²) in [5.74, 6) is 0.316. The van der Waals surface area contributed by atoms with Crippen molar-refractivity contribution >= 4 is 11.8 Å². The minimum atomic E-state index is -4.41. The van der Waals surface area contributed by atoms with Gasteiger partial charge in [-0.1, -0.05) is 12.1 Å². The first kappa shape index (κ1) is 20.1. The quantitative estimate of drug-likeness (QED) is 0.656. The van der Waals surface area contributed by atoms with E-state index >= 15 is 0 Å². The van der Waals surface area contributed by atoms with Crippen molar-refractivity contribution in [3.8, 4) is 17.0 Å². The maximum absolute atomic E-state index is 12.2. The predicted octanol–water partition coefficient (Wildman–Crippen LogP) is 3.14. The number of amides is 2. The summed E-state index contributed by atoms with van der Waals surface area (Å²) in [6, 6.07) is 8.80. The molecule has 0 saturated heterocycles. The molecule has 0 atom stereocenters. The Morgan fingerprint density at radius 2 is 2.03 bits per heavy atom. The third-order valence-corrected chi connectivity index (χ3v) is 3.66. The number of hydrogen-bond acceptors (Lipinski definition) is 5. The van der Waals surface area contributed by atoms with Crippen LogP contribution in [0.25, 0.3) is 11.3 Å². The number of carbonyl (C=O) groups is 1. The lowest BCUT2D eigenvalue weighted by molar-refractivity contribution is -0.153. The Labute approximate surface area is 163 Å². The van der Waals surface area contributed by atoms with Gasteiger partial charge in [-0.25, -0.2) is 4.79 Å². The minimum absolute atomic E-state index is 0.0684.